The van der Waals surface area contributed by atoms with Crippen LogP contribution in [0.2, 0.25) is 0 Å². The van der Waals surface area contributed by atoms with E-state index in [1.807, 2.05) is 0 Å². The zero-order valence-electron chi connectivity index (χ0n) is 8.80. The van der Waals surface area contributed by atoms with Crippen molar-refractivity contribution in [3.63, 3.8) is 0 Å². The first kappa shape index (κ1) is 8.80. The SMILES string of the molecule is CCC1(c2ccc(C)cc2)CC1C. The molecule has 0 radical (unpaired) electrons. The molecule has 0 nitrogen and oxygen atoms in total. The first-order chi connectivity index (χ1) is 6.19. The smallest absolute Gasteiger partial charge is 0.00208 e. The van der Waals surface area contributed by atoms with Crippen molar-refractivity contribution in [1.29, 1.82) is 0 Å². The van der Waals surface area contributed by atoms with Crippen molar-refractivity contribution >= 4 is 0 Å². The van der Waals surface area contributed by atoms with Crippen molar-refractivity contribution in [2.75, 3.05) is 0 Å². The third-order valence-electron chi connectivity index (χ3n) is 3.71. The molecule has 0 aromatic heterocycles. The van der Waals surface area contributed by atoms with E-state index in [9.17, 15) is 0 Å². The standard InChI is InChI=1S/C13H18/c1-4-13(9-11(13)3)12-7-5-10(2)6-8-12/h5-8,11H,4,9H2,1-3H3. The zero-order valence-corrected chi connectivity index (χ0v) is 8.80. The minimum absolute atomic E-state index is 0.535. The molecule has 1 fully saturated rings. The van der Waals surface area contributed by atoms with Crippen LogP contribution in [0.3, 0.4) is 0 Å². The first-order valence-electron chi connectivity index (χ1n) is 5.26. The predicted molar refractivity (Wildman–Crippen MR) is 56.9 cm³/mol. The van der Waals surface area contributed by atoms with Crippen molar-refractivity contribution in [2.45, 2.75) is 39.0 Å². The van der Waals surface area contributed by atoms with Gasteiger partial charge in [0.1, 0.15) is 0 Å². The third kappa shape index (κ3) is 1.29. The van der Waals surface area contributed by atoms with Crippen LogP contribution in [0.25, 0.3) is 0 Å². The fourth-order valence-corrected chi connectivity index (χ4v) is 2.47. The van der Waals surface area contributed by atoms with Crippen LogP contribution in [0.15, 0.2) is 24.3 Å². The Labute approximate surface area is 81.0 Å². The number of rotatable bonds is 2. The van der Waals surface area contributed by atoms with Crippen LogP contribution in [0, 0.1) is 12.8 Å². The molecule has 1 aromatic carbocycles. The summed E-state index contributed by atoms with van der Waals surface area (Å²) >= 11 is 0. The van der Waals surface area contributed by atoms with Gasteiger partial charge < -0.3 is 0 Å². The minimum atomic E-state index is 0.535. The molecule has 1 aromatic rings. The third-order valence-corrected chi connectivity index (χ3v) is 3.71. The molecule has 0 heteroatoms. The van der Waals surface area contributed by atoms with Crippen LogP contribution in [0.4, 0.5) is 0 Å². The molecule has 0 N–H and O–H groups in total. The molecule has 2 unspecified atom stereocenters. The largest absolute Gasteiger partial charge is 0.0645 e. The van der Waals surface area contributed by atoms with Gasteiger partial charge in [0.05, 0.1) is 0 Å². The van der Waals surface area contributed by atoms with Crippen LogP contribution >= 0.6 is 0 Å². The predicted octanol–water partition coefficient (Wildman–Crippen LogP) is 3.68. The Balaban J connectivity index is 2.31. The summed E-state index contributed by atoms with van der Waals surface area (Å²) < 4.78 is 0. The van der Waals surface area contributed by atoms with Crippen molar-refractivity contribution in [3.8, 4) is 0 Å². The van der Waals surface area contributed by atoms with Gasteiger partial charge in [-0.15, -0.1) is 0 Å². The molecule has 1 aliphatic carbocycles. The van der Waals surface area contributed by atoms with Gasteiger partial charge >= 0.3 is 0 Å². The number of benzene rings is 1. The Morgan fingerprint density at radius 2 is 1.85 bits per heavy atom. The maximum atomic E-state index is 2.36. The van der Waals surface area contributed by atoms with Gasteiger partial charge in [-0.05, 0) is 36.7 Å². The molecule has 2 atom stereocenters. The first-order valence-corrected chi connectivity index (χ1v) is 5.26. The quantitative estimate of drug-likeness (QED) is 0.641. The van der Waals surface area contributed by atoms with Gasteiger partial charge in [0.25, 0.3) is 0 Å². The van der Waals surface area contributed by atoms with Gasteiger partial charge in [0.15, 0.2) is 0 Å². The fourth-order valence-electron chi connectivity index (χ4n) is 2.47. The molecule has 0 amide bonds. The molecule has 1 aliphatic rings. The fraction of sp³-hybridized carbons (Fsp3) is 0.538. The molecule has 0 bridgehead atoms. The summed E-state index contributed by atoms with van der Waals surface area (Å²) in [6, 6.07) is 9.08. The maximum absolute atomic E-state index is 2.36. The summed E-state index contributed by atoms with van der Waals surface area (Å²) in [5.41, 5.74) is 3.45. The lowest BCUT2D eigenvalue weighted by molar-refractivity contribution is 0.607. The molecule has 0 spiro atoms. The summed E-state index contributed by atoms with van der Waals surface area (Å²) in [6.45, 7) is 6.82. The summed E-state index contributed by atoms with van der Waals surface area (Å²) in [6.07, 6.45) is 2.67. The molecule has 0 saturated heterocycles. The molecule has 2 rings (SSSR count). The maximum Gasteiger partial charge on any atom is -0.00208 e. The Bertz CT molecular complexity index is 292. The average molecular weight is 174 g/mol. The number of hydrogen-bond donors (Lipinski definition) is 0. The van der Waals surface area contributed by atoms with E-state index in [2.05, 4.69) is 45.0 Å². The highest BCUT2D eigenvalue weighted by Gasteiger charge is 2.50. The Hall–Kier alpha value is -0.780. The average Bonchev–Trinajstić information content (AvgIpc) is 2.79. The van der Waals surface area contributed by atoms with Crippen LogP contribution in [-0.2, 0) is 5.41 Å². The Morgan fingerprint density at radius 1 is 1.31 bits per heavy atom. The van der Waals surface area contributed by atoms with Crippen molar-refractivity contribution < 1.29 is 0 Å². The van der Waals surface area contributed by atoms with Crippen molar-refractivity contribution in [2.24, 2.45) is 5.92 Å². The van der Waals surface area contributed by atoms with Crippen LogP contribution in [0.5, 0.6) is 0 Å². The summed E-state index contributed by atoms with van der Waals surface area (Å²) in [5.74, 6) is 0.889. The molecular formula is C13H18. The highest BCUT2D eigenvalue weighted by molar-refractivity contribution is 5.34. The van der Waals surface area contributed by atoms with Gasteiger partial charge in [-0.25, -0.2) is 0 Å². The van der Waals surface area contributed by atoms with Crippen LogP contribution in [-0.4, -0.2) is 0 Å². The van der Waals surface area contributed by atoms with E-state index in [-0.39, 0.29) is 0 Å². The summed E-state index contributed by atoms with van der Waals surface area (Å²) in [4.78, 5) is 0. The lowest BCUT2D eigenvalue weighted by atomic mass is 9.90. The molecule has 0 heterocycles. The second-order valence-corrected chi connectivity index (χ2v) is 4.48. The number of aryl methyl sites for hydroxylation is 1. The summed E-state index contributed by atoms with van der Waals surface area (Å²) in [5, 5.41) is 0. The van der Waals surface area contributed by atoms with E-state index in [4.69, 9.17) is 0 Å². The van der Waals surface area contributed by atoms with Crippen molar-refractivity contribution in [1.82, 2.24) is 0 Å². The minimum Gasteiger partial charge on any atom is -0.0645 e. The van der Waals surface area contributed by atoms with E-state index in [0.717, 1.165) is 5.92 Å². The van der Waals surface area contributed by atoms with E-state index in [1.165, 1.54) is 18.4 Å². The topological polar surface area (TPSA) is 0 Å². The van der Waals surface area contributed by atoms with Gasteiger partial charge in [0.2, 0.25) is 0 Å². The second-order valence-electron chi connectivity index (χ2n) is 4.48. The van der Waals surface area contributed by atoms with Gasteiger partial charge in [-0.3, -0.25) is 0 Å². The van der Waals surface area contributed by atoms with Crippen molar-refractivity contribution in [3.05, 3.63) is 35.4 Å². The molecule has 1 saturated carbocycles. The van der Waals surface area contributed by atoms with Crippen LogP contribution < -0.4 is 0 Å². The molecule has 13 heavy (non-hydrogen) atoms. The van der Waals surface area contributed by atoms with Gasteiger partial charge in [0, 0.05) is 0 Å². The lowest BCUT2D eigenvalue weighted by Crippen LogP contribution is -2.07. The van der Waals surface area contributed by atoms with E-state index < -0.39 is 0 Å². The highest BCUT2D eigenvalue weighted by Crippen LogP contribution is 2.56. The highest BCUT2D eigenvalue weighted by atomic mass is 14.5. The zero-order chi connectivity index (χ0) is 9.47. The van der Waals surface area contributed by atoms with E-state index in [0.29, 0.717) is 5.41 Å². The van der Waals surface area contributed by atoms with Gasteiger partial charge in [-0.1, -0.05) is 43.7 Å². The molecule has 0 aliphatic heterocycles. The normalized spacial score (nSPS) is 31.8. The second kappa shape index (κ2) is 2.87. The van der Waals surface area contributed by atoms with E-state index >= 15 is 0 Å². The molecule has 70 valence electrons. The molecular weight excluding hydrogens is 156 g/mol. The Kier molecular flexibility index (Phi) is 1.94. The number of hydrogen-bond acceptors (Lipinski definition) is 0. The van der Waals surface area contributed by atoms with E-state index in [1.54, 1.807) is 5.56 Å². The lowest BCUT2D eigenvalue weighted by Gasteiger charge is -2.14. The summed E-state index contributed by atoms with van der Waals surface area (Å²) in [7, 11) is 0. The van der Waals surface area contributed by atoms with Gasteiger partial charge in [-0.2, -0.15) is 0 Å². The van der Waals surface area contributed by atoms with Crippen LogP contribution in [0.1, 0.15) is 37.8 Å². The monoisotopic (exact) mass is 174 g/mol. The Morgan fingerprint density at radius 3 is 2.23 bits per heavy atom.